The predicted molar refractivity (Wildman–Crippen MR) is 187 cm³/mol. The molecule has 1 aliphatic rings. The number of nitrogens with one attached hydrogen (secondary N) is 2. The fourth-order valence-electron chi connectivity index (χ4n) is 5.96. The number of aromatic nitrogens is 1. The maximum absolute atomic E-state index is 15.2. The largest absolute Gasteiger partial charge is 0.495 e. The molecule has 1 fully saturated rings. The van der Waals surface area contributed by atoms with Gasteiger partial charge < -0.3 is 24.8 Å². The highest BCUT2D eigenvalue weighted by atomic mass is 32.1. The van der Waals surface area contributed by atoms with Gasteiger partial charge in [0.1, 0.15) is 17.9 Å². The molecule has 0 spiro atoms. The minimum Gasteiger partial charge on any atom is -0.495 e. The van der Waals surface area contributed by atoms with Crippen molar-refractivity contribution in [1.29, 1.82) is 0 Å². The Morgan fingerprint density at radius 1 is 0.896 bits per heavy atom. The number of thiophene rings is 1. The number of hydrogen-bond donors (Lipinski definition) is 2. The number of hydrogen-bond acceptors (Lipinski definition) is 7. The molecule has 8 nitrogen and oxygen atoms in total. The number of ether oxygens (including phenoxy) is 3. The van der Waals surface area contributed by atoms with Gasteiger partial charge in [-0.3, -0.25) is 14.6 Å². The molecule has 0 saturated carbocycles. The monoisotopic (exact) mass is 667 g/mol. The van der Waals surface area contributed by atoms with E-state index in [-0.39, 0.29) is 11.4 Å². The Morgan fingerprint density at radius 2 is 1.73 bits per heavy atom. The molecule has 1 saturated heterocycles. The van der Waals surface area contributed by atoms with Gasteiger partial charge in [0.2, 0.25) is 11.8 Å². The highest BCUT2D eigenvalue weighted by molar-refractivity contribution is 7.22. The van der Waals surface area contributed by atoms with E-state index in [0.717, 1.165) is 53.1 Å². The van der Waals surface area contributed by atoms with Crippen molar-refractivity contribution in [2.24, 2.45) is 5.92 Å². The molecule has 10 heteroatoms. The van der Waals surface area contributed by atoms with Crippen LogP contribution >= 0.6 is 11.3 Å². The number of halogens is 1. The Kier molecular flexibility index (Phi) is 10.9. The van der Waals surface area contributed by atoms with Crippen LogP contribution in [0.3, 0.4) is 0 Å². The first-order chi connectivity index (χ1) is 23.4. The Hall–Kier alpha value is -4.80. The minimum absolute atomic E-state index is 0.00626. The summed E-state index contributed by atoms with van der Waals surface area (Å²) in [6, 6.07) is 23.5. The van der Waals surface area contributed by atoms with E-state index in [9.17, 15) is 9.59 Å². The molecule has 0 bridgehead atoms. The summed E-state index contributed by atoms with van der Waals surface area (Å²) in [5.41, 5.74) is 3.87. The smallest absolute Gasteiger partial charge is 0.233 e. The fraction of sp³-hybridized carbons (Fsp3) is 0.289. The molecule has 5 aromatic rings. The molecule has 2 aromatic heterocycles. The van der Waals surface area contributed by atoms with Crippen LogP contribution < -0.4 is 20.1 Å². The number of carbonyl (C=O) groups is 2. The van der Waals surface area contributed by atoms with Gasteiger partial charge in [-0.25, -0.2) is 4.39 Å². The topological polar surface area (TPSA) is 98.8 Å². The van der Waals surface area contributed by atoms with Gasteiger partial charge in [-0.15, -0.1) is 11.3 Å². The number of rotatable bonds is 10. The Morgan fingerprint density at radius 3 is 2.60 bits per heavy atom. The first-order valence-electron chi connectivity index (χ1n) is 16.2. The van der Waals surface area contributed by atoms with Crippen molar-refractivity contribution in [2.45, 2.75) is 44.9 Å². The zero-order chi connectivity index (χ0) is 33.3. The number of anilines is 2. The quantitative estimate of drug-likeness (QED) is 0.144. The number of para-hydroxylation sites is 2. The number of carbonyl (C=O) groups excluding carboxylic acids is 2. The minimum atomic E-state index is -0.655. The van der Waals surface area contributed by atoms with Gasteiger partial charge in [0.25, 0.3) is 0 Å². The third-order valence-electron chi connectivity index (χ3n) is 8.30. The van der Waals surface area contributed by atoms with Crippen LogP contribution in [-0.2, 0) is 20.7 Å². The summed E-state index contributed by atoms with van der Waals surface area (Å²) in [7, 11) is 1.49. The molecular weight excluding hydrogens is 629 g/mol. The van der Waals surface area contributed by atoms with Gasteiger partial charge in [0.05, 0.1) is 23.0 Å². The lowest BCUT2D eigenvalue weighted by Gasteiger charge is -2.16. The zero-order valence-electron chi connectivity index (χ0n) is 26.8. The summed E-state index contributed by atoms with van der Waals surface area (Å²) in [5, 5.41) is 5.22. The van der Waals surface area contributed by atoms with Gasteiger partial charge in [0, 0.05) is 42.1 Å². The highest BCUT2D eigenvalue weighted by Crippen LogP contribution is 2.40. The van der Waals surface area contributed by atoms with Crippen molar-refractivity contribution < 1.29 is 28.2 Å². The Bertz CT molecular complexity index is 1880. The second-order valence-electron chi connectivity index (χ2n) is 11.9. The summed E-state index contributed by atoms with van der Waals surface area (Å²) < 4.78 is 33.0. The van der Waals surface area contributed by atoms with Crippen LogP contribution in [0.15, 0.2) is 85.1 Å². The maximum Gasteiger partial charge on any atom is 0.233 e. The van der Waals surface area contributed by atoms with Crippen molar-refractivity contribution >= 4 is 44.7 Å². The van der Waals surface area contributed by atoms with E-state index in [0.29, 0.717) is 23.1 Å². The summed E-state index contributed by atoms with van der Waals surface area (Å²) >= 11 is 1.56. The molecule has 3 aromatic carbocycles. The molecule has 1 atom stereocenters. The van der Waals surface area contributed by atoms with E-state index < -0.39 is 24.1 Å². The lowest BCUT2D eigenvalue weighted by Crippen LogP contribution is -2.21. The van der Waals surface area contributed by atoms with Gasteiger partial charge in [-0.1, -0.05) is 49.2 Å². The lowest BCUT2D eigenvalue weighted by atomic mass is 9.90. The van der Waals surface area contributed by atoms with E-state index in [1.807, 2.05) is 6.07 Å². The number of pyridine rings is 1. The third kappa shape index (κ3) is 8.56. The zero-order valence-corrected chi connectivity index (χ0v) is 27.6. The molecular formula is C38H38FN3O5S. The van der Waals surface area contributed by atoms with Gasteiger partial charge in [0.15, 0.2) is 11.6 Å². The molecule has 0 aliphatic carbocycles. The predicted octanol–water partition coefficient (Wildman–Crippen LogP) is 9.01. The third-order valence-corrected chi connectivity index (χ3v) is 9.49. The Balaban J connectivity index is 1.11. The number of benzene rings is 3. The number of nitrogens with zero attached hydrogens (tertiary/aromatic N) is 1. The maximum atomic E-state index is 15.2. The normalized spacial score (nSPS) is 15.2. The van der Waals surface area contributed by atoms with Gasteiger partial charge >= 0.3 is 0 Å². The molecule has 248 valence electrons. The van der Waals surface area contributed by atoms with Crippen LogP contribution in [0, 0.1) is 11.7 Å². The summed E-state index contributed by atoms with van der Waals surface area (Å²) in [6.45, 7) is 1.73. The van der Waals surface area contributed by atoms with Gasteiger partial charge in [-0.2, -0.15) is 0 Å². The van der Waals surface area contributed by atoms with Crippen LogP contribution in [0.2, 0.25) is 0 Å². The molecule has 0 radical (unpaired) electrons. The van der Waals surface area contributed by atoms with E-state index >= 15 is 4.39 Å². The molecule has 1 unspecified atom stereocenters. The molecule has 2 N–H and O–H groups in total. The van der Waals surface area contributed by atoms with Crippen LogP contribution in [0.25, 0.3) is 20.7 Å². The standard InChI is InChI=1S/C38H38FN3O5S/c1-45-33-13-3-2-12-30(33)42-37(44)24-36(43)41-28-14-15-32(29(39)22-28)47-34-16-17-40-31-23-35(48-38(31)34)27-11-6-9-26(21-27)20-25-8-4-5-18-46-19-7-10-25/h2-3,6,9,11-17,21-23,25H,4-5,7-8,10,18-20,24H2,1H3,(H,41,43)(H,42,44). The summed E-state index contributed by atoms with van der Waals surface area (Å²) in [6.07, 6.45) is 8.11. The van der Waals surface area contributed by atoms with E-state index in [2.05, 4.69) is 39.9 Å². The van der Waals surface area contributed by atoms with Crippen molar-refractivity contribution in [3.8, 4) is 27.7 Å². The molecule has 6 rings (SSSR count). The fourth-order valence-corrected chi connectivity index (χ4v) is 7.02. The SMILES string of the molecule is COc1ccccc1NC(=O)CC(=O)Nc1ccc(Oc2ccnc3cc(-c4cccc(CC5CCCCOCCC5)c4)sc23)c(F)c1. The van der Waals surface area contributed by atoms with Crippen LogP contribution in [-0.4, -0.2) is 37.1 Å². The van der Waals surface area contributed by atoms with Gasteiger partial charge in [-0.05, 0) is 73.1 Å². The van der Waals surface area contributed by atoms with E-state index in [4.69, 9.17) is 14.2 Å². The van der Waals surface area contributed by atoms with Crippen molar-refractivity contribution in [2.75, 3.05) is 31.0 Å². The van der Waals surface area contributed by atoms with Crippen LogP contribution in [0.4, 0.5) is 15.8 Å². The lowest BCUT2D eigenvalue weighted by molar-refractivity contribution is -0.123. The number of amides is 2. The van der Waals surface area contributed by atoms with Crippen molar-refractivity contribution in [3.05, 3.63) is 96.4 Å². The first-order valence-corrected chi connectivity index (χ1v) is 17.0. The first kappa shape index (κ1) is 33.1. The molecule has 48 heavy (non-hydrogen) atoms. The van der Waals surface area contributed by atoms with E-state index in [1.54, 1.807) is 47.9 Å². The summed E-state index contributed by atoms with van der Waals surface area (Å²) in [4.78, 5) is 30.5. The second-order valence-corrected chi connectivity index (χ2v) is 12.9. The number of fused-ring (bicyclic) bond motifs is 1. The van der Waals surface area contributed by atoms with Crippen molar-refractivity contribution in [1.82, 2.24) is 4.98 Å². The molecule has 3 heterocycles. The van der Waals surface area contributed by atoms with Crippen LogP contribution in [0.1, 0.15) is 44.1 Å². The highest BCUT2D eigenvalue weighted by Gasteiger charge is 2.17. The molecule has 1 aliphatic heterocycles. The molecule has 2 amide bonds. The average molecular weight is 668 g/mol. The van der Waals surface area contributed by atoms with E-state index in [1.165, 1.54) is 50.1 Å². The number of methoxy groups -OCH3 is 1. The van der Waals surface area contributed by atoms with Crippen LogP contribution in [0.5, 0.6) is 17.2 Å². The average Bonchev–Trinajstić information content (AvgIpc) is 3.57. The second kappa shape index (κ2) is 15.9. The summed E-state index contributed by atoms with van der Waals surface area (Å²) in [5.74, 6) is -0.138. The Labute approximate surface area is 283 Å². The van der Waals surface area contributed by atoms with Crippen molar-refractivity contribution in [3.63, 3.8) is 0 Å².